The van der Waals surface area contributed by atoms with E-state index in [1.54, 1.807) is 0 Å². The second kappa shape index (κ2) is 13.6. The van der Waals surface area contributed by atoms with Gasteiger partial charge in [0.05, 0.1) is 22.3 Å². The number of nitrogens with two attached hydrogens (primary N) is 1. The lowest BCUT2D eigenvalue weighted by atomic mass is 9.98. The SMILES string of the molecule is Nc1nc(/C(=N/OC2(C(=O)O)CC2)C(=O)N[C@@H]2C(=O)N(S(=O)(=O)O)[C@@H]2CNC(=O)c2cc([C@@H]3CCN(C(=O)c4ccc(O)c(O)c4Cl)C3)no2)cs1. The Kier molecular flexibility index (Phi) is 9.46. The summed E-state index contributed by atoms with van der Waals surface area (Å²) in [5.74, 6) is -6.97. The van der Waals surface area contributed by atoms with E-state index in [0.29, 0.717) is 12.1 Å². The molecular formula is C28H27ClN8O13S2. The number of phenolic OH excluding ortho intramolecular Hbond substituents is 2. The van der Waals surface area contributed by atoms with Crippen molar-refractivity contribution in [1.82, 2.24) is 30.0 Å². The second-order valence-corrected chi connectivity index (χ2v) is 14.4. The highest BCUT2D eigenvalue weighted by molar-refractivity contribution is 7.84. The van der Waals surface area contributed by atoms with E-state index < -0.39 is 81.3 Å². The van der Waals surface area contributed by atoms with Gasteiger partial charge in [0, 0.05) is 49.8 Å². The van der Waals surface area contributed by atoms with Crippen LogP contribution in [0.15, 0.2) is 33.3 Å². The fourth-order valence-electron chi connectivity index (χ4n) is 5.51. The minimum atomic E-state index is -5.16. The molecule has 276 valence electrons. The number of amides is 4. The molecule has 1 aromatic carbocycles. The third-order valence-electron chi connectivity index (χ3n) is 8.53. The Hall–Kier alpha value is -5.52. The molecular weight excluding hydrogens is 756 g/mol. The number of halogens is 1. The molecule has 0 spiro atoms. The molecule has 3 aliphatic rings. The van der Waals surface area contributed by atoms with Gasteiger partial charge in [-0.05, 0) is 18.6 Å². The highest BCUT2D eigenvalue weighted by Gasteiger charge is 2.56. The van der Waals surface area contributed by atoms with E-state index in [1.165, 1.54) is 22.4 Å². The van der Waals surface area contributed by atoms with Gasteiger partial charge < -0.3 is 45.9 Å². The predicted molar refractivity (Wildman–Crippen MR) is 175 cm³/mol. The number of anilines is 1. The number of hydrogen-bond donors (Lipinski definition) is 7. The van der Waals surface area contributed by atoms with Gasteiger partial charge in [0.15, 0.2) is 22.3 Å². The normalized spacial score (nSPS) is 21.0. The van der Waals surface area contributed by atoms with Crippen molar-refractivity contribution in [2.45, 2.75) is 42.9 Å². The minimum absolute atomic E-state index is 0.0159. The van der Waals surface area contributed by atoms with E-state index in [1.807, 2.05) is 0 Å². The third-order valence-corrected chi connectivity index (χ3v) is 10.5. The number of carboxylic acids is 1. The van der Waals surface area contributed by atoms with Gasteiger partial charge >= 0.3 is 16.3 Å². The first-order chi connectivity index (χ1) is 24.5. The number of nitrogens with zero attached hydrogens (tertiary/aromatic N) is 5. The van der Waals surface area contributed by atoms with Crippen molar-refractivity contribution in [2.75, 3.05) is 25.4 Å². The van der Waals surface area contributed by atoms with Crippen LogP contribution in [0.25, 0.3) is 0 Å². The van der Waals surface area contributed by atoms with Gasteiger partial charge in [-0.15, -0.1) is 11.3 Å². The summed E-state index contributed by atoms with van der Waals surface area (Å²) in [5.41, 5.74) is 3.56. The molecule has 2 saturated heterocycles. The molecule has 24 heteroatoms. The van der Waals surface area contributed by atoms with E-state index in [2.05, 4.69) is 25.9 Å². The maximum absolute atomic E-state index is 13.3. The first kappa shape index (κ1) is 36.3. The van der Waals surface area contributed by atoms with Crippen molar-refractivity contribution in [3.63, 3.8) is 0 Å². The zero-order valence-electron chi connectivity index (χ0n) is 26.3. The Balaban J connectivity index is 1.11. The number of nitrogen functional groups attached to an aromatic ring is 1. The number of thiazole rings is 1. The number of phenols is 2. The van der Waals surface area contributed by atoms with Crippen LogP contribution in [0.3, 0.4) is 0 Å². The number of nitrogens with one attached hydrogen (secondary N) is 2. The molecule has 2 aromatic heterocycles. The number of aromatic hydroxyl groups is 2. The van der Waals surface area contributed by atoms with Crippen molar-refractivity contribution in [3.8, 4) is 11.5 Å². The molecule has 6 rings (SSSR count). The highest BCUT2D eigenvalue weighted by Crippen LogP contribution is 2.40. The average molecular weight is 783 g/mol. The summed E-state index contributed by atoms with van der Waals surface area (Å²) in [6.07, 6.45) is 0.636. The Bertz CT molecular complexity index is 2130. The van der Waals surface area contributed by atoms with Crippen molar-refractivity contribution in [2.24, 2.45) is 5.16 Å². The van der Waals surface area contributed by atoms with E-state index in [-0.39, 0.29) is 63.3 Å². The van der Waals surface area contributed by atoms with Crippen LogP contribution in [0.1, 0.15) is 57.5 Å². The number of benzene rings is 1. The molecule has 21 nitrogen and oxygen atoms in total. The summed E-state index contributed by atoms with van der Waals surface area (Å²) in [6, 6.07) is 0.508. The van der Waals surface area contributed by atoms with Gasteiger partial charge in [0.1, 0.15) is 11.7 Å². The number of likely N-dealkylation sites (tertiary alicyclic amines) is 1. The molecule has 0 radical (unpaired) electrons. The van der Waals surface area contributed by atoms with Gasteiger partial charge in [-0.25, -0.2) is 14.1 Å². The Labute approximate surface area is 300 Å². The van der Waals surface area contributed by atoms with Crippen LogP contribution in [-0.4, -0.2) is 120 Å². The zero-order valence-corrected chi connectivity index (χ0v) is 28.6. The van der Waals surface area contributed by atoms with Gasteiger partial charge in [-0.2, -0.15) is 8.42 Å². The van der Waals surface area contributed by atoms with Crippen LogP contribution in [0.2, 0.25) is 5.02 Å². The monoisotopic (exact) mass is 782 g/mol. The molecule has 0 unspecified atom stereocenters. The molecule has 8 N–H and O–H groups in total. The fraction of sp³-hybridized carbons (Fsp3) is 0.357. The highest BCUT2D eigenvalue weighted by atomic mass is 35.5. The lowest BCUT2D eigenvalue weighted by Gasteiger charge is -2.44. The summed E-state index contributed by atoms with van der Waals surface area (Å²) in [4.78, 5) is 74.1. The molecule has 4 heterocycles. The van der Waals surface area contributed by atoms with E-state index in [0.717, 1.165) is 17.4 Å². The fourth-order valence-corrected chi connectivity index (χ4v) is 7.18. The third kappa shape index (κ3) is 6.89. The van der Waals surface area contributed by atoms with Crippen LogP contribution in [-0.2, 0) is 29.5 Å². The zero-order chi connectivity index (χ0) is 37.7. The minimum Gasteiger partial charge on any atom is -0.504 e. The molecule has 4 amide bonds. The quantitative estimate of drug-likeness (QED) is 0.0407. The van der Waals surface area contributed by atoms with E-state index in [9.17, 15) is 52.3 Å². The molecule has 52 heavy (non-hydrogen) atoms. The largest absolute Gasteiger partial charge is 0.504 e. The summed E-state index contributed by atoms with van der Waals surface area (Å²) in [5, 5.41) is 42.1. The van der Waals surface area contributed by atoms with Crippen LogP contribution in [0.5, 0.6) is 11.5 Å². The number of carbonyl (C=O) groups excluding carboxylic acids is 4. The van der Waals surface area contributed by atoms with Gasteiger partial charge in [-0.1, -0.05) is 21.9 Å². The van der Waals surface area contributed by atoms with Crippen LogP contribution in [0, 0.1) is 0 Å². The standard InChI is InChI=1S/C28H27ClN8O13S2/c29-18-12(1-2-16(38)21(18)39)24(42)36-6-3-11(9-36)13-7-17(49-34-13)22(40)31-8-15-20(25(43)37(15)52(46,47)48)33-23(41)19(14-10-51-27(30)32-14)35-50-28(4-5-28)26(44)45/h1-2,7,10-11,15,20,38-39H,3-6,8-9H2,(H2,30,32)(H,31,40)(H,33,41)(H,44,45)(H,46,47,48)/b35-19-/t11-,15-,20+/m1/s1. The topological polar surface area (TPSA) is 317 Å². The summed E-state index contributed by atoms with van der Waals surface area (Å²) in [7, 11) is -5.16. The van der Waals surface area contributed by atoms with Gasteiger partial charge in [0.25, 0.3) is 23.6 Å². The smallest absolute Gasteiger partial charge is 0.362 e. The summed E-state index contributed by atoms with van der Waals surface area (Å²) < 4.78 is 38.9. The number of carboxylic acid groups (broad SMARTS) is 1. The number of β-lactam (4-membered cyclic amide) rings is 1. The van der Waals surface area contributed by atoms with E-state index in [4.69, 9.17) is 26.7 Å². The molecule has 2 aliphatic heterocycles. The molecule has 3 aromatic rings. The Morgan fingerprint density at radius 2 is 1.96 bits per heavy atom. The molecule has 1 aliphatic carbocycles. The number of oxime groups is 1. The van der Waals surface area contributed by atoms with Crippen LogP contribution in [0.4, 0.5) is 5.13 Å². The second-order valence-electron chi connectivity index (χ2n) is 11.9. The van der Waals surface area contributed by atoms with Gasteiger partial charge in [-0.3, -0.25) is 23.7 Å². The first-order valence-electron chi connectivity index (χ1n) is 15.1. The lowest BCUT2D eigenvalue weighted by Crippen LogP contribution is -2.74. The maximum Gasteiger partial charge on any atom is 0.362 e. The molecule has 3 atom stereocenters. The summed E-state index contributed by atoms with van der Waals surface area (Å²) >= 11 is 6.95. The van der Waals surface area contributed by atoms with Crippen molar-refractivity contribution < 1.29 is 61.6 Å². The molecule has 0 bridgehead atoms. The molecule has 3 fully saturated rings. The number of aromatic nitrogens is 2. The van der Waals surface area contributed by atoms with Crippen LogP contribution >= 0.6 is 22.9 Å². The summed E-state index contributed by atoms with van der Waals surface area (Å²) in [6.45, 7) is -0.231. The van der Waals surface area contributed by atoms with E-state index >= 15 is 0 Å². The predicted octanol–water partition coefficient (Wildman–Crippen LogP) is -0.326. The van der Waals surface area contributed by atoms with Crippen LogP contribution < -0.4 is 16.4 Å². The van der Waals surface area contributed by atoms with Crippen molar-refractivity contribution >= 4 is 73.7 Å². The number of hydrogen-bond acceptors (Lipinski definition) is 16. The number of aliphatic carboxylic acids is 1. The first-order valence-corrected chi connectivity index (χ1v) is 17.7. The lowest BCUT2D eigenvalue weighted by molar-refractivity contribution is -0.153. The maximum atomic E-state index is 13.3. The number of rotatable bonds is 12. The molecule has 1 saturated carbocycles. The van der Waals surface area contributed by atoms with Crippen molar-refractivity contribution in [3.05, 3.63) is 51.3 Å². The number of carbonyl (C=O) groups is 5. The average Bonchev–Trinajstić information content (AvgIpc) is 3.41. The Morgan fingerprint density at radius 1 is 1.23 bits per heavy atom. The van der Waals surface area contributed by atoms with Gasteiger partial charge in [0.2, 0.25) is 11.4 Å². The van der Waals surface area contributed by atoms with Crippen molar-refractivity contribution in [1.29, 1.82) is 0 Å². The Morgan fingerprint density at radius 3 is 2.60 bits per heavy atom.